The first-order chi connectivity index (χ1) is 11.6. The molecule has 0 amide bonds. The summed E-state index contributed by atoms with van der Waals surface area (Å²) in [7, 11) is 1.66. The summed E-state index contributed by atoms with van der Waals surface area (Å²) in [6.45, 7) is 6.21. The van der Waals surface area contributed by atoms with Crippen molar-refractivity contribution in [2.24, 2.45) is 11.1 Å². The Labute approximate surface area is 156 Å². The minimum absolute atomic E-state index is 0. The number of ether oxygens (including phenoxy) is 2. The number of likely N-dealkylation sites (tertiary alicyclic amines) is 1. The highest BCUT2D eigenvalue weighted by molar-refractivity contribution is 5.85. The van der Waals surface area contributed by atoms with Crippen molar-refractivity contribution >= 4 is 12.4 Å². The highest BCUT2D eigenvalue weighted by atomic mass is 35.5. The van der Waals surface area contributed by atoms with Crippen LogP contribution in [-0.2, 0) is 6.54 Å². The molecule has 1 heterocycles. The van der Waals surface area contributed by atoms with Crippen LogP contribution in [0, 0.1) is 5.41 Å². The highest BCUT2D eigenvalue weighted by Gasteiger charge is 2.32. The number of nitrogens with zero attached hydrogens (tertiary/aromatic N) is 1. The van der Waals surface area contributed by atoms with Crippen LogP contribution in [0.3, 0.4) is 0 Å². The van der Waals surface area contributed by atoms with Gasteiger partial charge >= 0.3 is 0 Å². The Morgan fingerprint density at radius 3 is 2.08 bits per heavy atom. The molecular formula is C20H27ClN2O2. The summed E-state index contributed by atoms with van der Waals surface area (Å²) in [6, 6.07) is 15.9. The van der Waals surface area contributed by atoms with Gasteiger partial charge in [0, 0.05) is 13.1 Å². The van der Waals surface area contributed by atoms with Gasteiger partial charge < -0.3 is 15.2 Å². The zero-order valence-corrected chi connectivity index (χ0v) is 15.7. The smallest absolute Gasteiger partial charge is 0.127 e. The molecule has 0 saturated carbocycles. The molecular weight excluding hydrogens is 336 g/mol. The Hall–Kier alpha value is -1.75. The number of halogens is 1. The fourth-order valence-corrected chi connectivity index (χ4v) is 3.13. The fourth-order valence-electron chi connectivity index (χ4n) is 3.13. The number of benzene rings is 2. The molecule has 5 heteroatoms. The first-order valence-corrected chi connectivity index (χ1v) is 8.43. The summed E-state index contributed by atoms with van der Waals surface area (Å²) < 4.78 is 11.0. The van der Waals surface area contributed by atoms with E-state index in [2.05, 4.69) is 24.0 Å². The first-order valence-electron chi connectivity index (χ1n) is 8.43. The van der Waals surface area contributed by atoms with Crippen molar-refractivity contribution in [3.05, 3.63) is 54.1 Å². The van der Waals surface area contributed by atoms with E-state index in [1.54, 1.807) is 7.11 Å². The second-order valence-corrected chi connectivity index (χ2v) is 6.90. The van der Waals surface area contributed by atoms with E-state index in [-0.39, 0.29) is 17.8 Å². The third kappa shape index (κ3) is 5.11. The average Bonchev–Trinajstić information content (AvgIpc) is 2.99. The monoisotopic (exact) mass is 362 g/mol. The van der Waals surface area contributed by atoms with Gasteiger partial charge in [-0.15, -0.1) is 12.4 Å². The van der Waals surface area contributed by atoms with Crippen molar-refractivity contribution in [1.29, 1.82) is 0 Å². The van der Waals surface area contributed by atoms with Gasteiger partial charge in [-0.2, -0.15) is 0 Å². The Balaban J connectivity index is 0.00000225. The molecule has 25 heavy (non-hydrogen) atoms. The van der Waals surface area contributed by atoms with Crippen molar-refractivity contribution in [3.8, 4) is 17.2 Å². The van der Waals surface area contributed by atoms with Gasteiger partial charge in [-0.25, -0.2) is 0 Å². The lowest BCUT2D eigenvalue weighted by Crippen LogP contribution is -2.31. The largest absolute Gasteiger partial charge is 0.497 e. The maximum absolute atomic E-state index is 5.88. The minimum Gasteiger partial charge on any atom is -0.497 e. The maximum Gasteiger partial charge on any atom is 0.127 e. The molecule has 136 valence electrons. The molecule has 0 spiro atoms. The van der Waals surface area contributed by atoms with Crippen LogP contribution in [0.2, 0.25) is 0 Å². The van der Waals surface area contributed by atoms with E-state index in [0.717, 1.165) is 43.4 Å². The first kappa shape index (κ1) is 19.6. The SMILES string of the molecule is COc1ccc(Oc2ccc(CN3CCC(C)(CN)C3)cc2)cc1.Cl. The quantitative estimate of drug-likeness (QED) is 0.841. The zero-order chi connectivity index (χ0) is 17.0. The topological polar surface area (TPSA) is 47.7 Å². The average molecular weight is 363 g/mol. The lowest BCUT2D eigenvalue weighted by atomic mass is 9.90. The number of hydrogen-bond acceptors (Lipinski definition) is 4. The van der Waals surface area contributed by atoms with E-state index in [1.807, 2.05) is 36.4 Å². The molecule has 2 aromatic rings. The summed E-state index contributed by atoms with van der Waals surface area (Å²) in [5.74, 6) is 2.48. The van der Waals surface area contributed by atoms with Crippen molar-refractivity contribution < 1.29 is 9.47 Å². The molecule has 0 bridgehead atoms. The lowest BCUT2D eigenvalue weighted by molar-refractivity contribution is 0.274. The molecule has 1 unspecified atom stereocenters. The zero-order valence-electron chi connectivity index (χ0n) is 14.9. The van der Waals surface area contributed by atoms with Crippen molar-refractivity contribution in [3.63, 3.8) is 0 Å². The number of hydrogen-bond donors (Lipinski definition) is 1. The predicted molar refractivity (Wildman–Crippen MR) is 104 cm³/mol. The van der Waals surface area contributed by atoms with E-state index in [4.69, 9.17) is 15.2 Å². The van der Waals surface area contributed by atoms with Crippen LogP contribution in [0.15, 0.2) is 48.5 Å². The van der Waals surface area contributed by atoms with Gasteiger partial charge in [0.05, 0.1) is 7.11 Å². The van der Waals surface area contributed by atoms with Crippen LogP contribution in [0.4, 0.5) is 0 Å². The van der Waals surface area contributed by atoms with Gasteiger partial charge in [-0.1, -0.05) is 19.1 Å². The molecule has 1 aliphatic heterocycles. The van der Waals surface area contributed by atoms with E-state index < -0.39 is 0 Å². The summed E-state index contributed by atoms with van der Waals surface area (Å²) in [6.07, 6.45) is 1.18. The standard InChI is InChI=1S/C20H26N2O2.ClH/c1-20(14-21)11-12-22(15-20)13-16-3-5-18(6-4-16)24-19-9-7-17(23-2)8-10-19;/h3-10H,11-15,21H2,1-2H3;1H. The Morgan fingerprint density at radius 2 is 1.56 bits per heavy atom. The van der Waals surface area contributed by atoms with Gasteiger partial charge in [0.15, 0.2) is 0 Å². The van der Waals surface area contributed by atoms with Gasteiger partial charge in [0.25, 0.3) is 0 Å². The second kappa shape index (κ2) is 8.56. The predicted octanol–water partition coefficient (Wildman–Crippen LogP) is 4.08. The second-order valence-electron chi connectivity index (χ2n) is 6.90. The summed E-state index contributed by atoms with van der Waals surface area (Å²) in [5, 5.41) is 0. The normalized spacial score (nSPS) is 20.1. The molecule has 0 radical (unpaired) electrons. The van der Waals surface area contributed by atoms with Crippen LogP contribution < -0.4 is 15.2 Å². The number of methoxy groups -OCH3 is 1. The van der Waals surface area contributed by atoms with Gasteiger partial charge in [-0.3, -0.25) is 4.90 Å². The molecule has 3 rings (SSSR count). The number of rotatable bonds is 6. The molecule has 2 aromatic carbocycles. The van der Waals surface area contributed by atoms with E-state index in [1.165, 1.54) is 12.0 Å². The number of nitrogens with two attached hydrogens (primary N) is 1. The molecule has 1 fully saturated rings. The van der Waals surface area contributed by atoms with Crippen LogP contribution >= 0.6 is 12.4 Å². The van der Waals surface area contributed by atoms with Gasteiger partial charge in [-0.05, 0) is 66.9 Å². The van der Waals surface area contributed by atoms with Crippen molar-refractivity contribution in [2.75, 3.05) is 26.7 Å². The van der Waals surface area contributed by atoms with Crippen LogP contribution in [-0.4, -0.2) is 31.6 Å². The minimum atomic E-state index is 0. The fraction of sp³-hybridized carbons (Fsp3) is 0.400. The molecule has 1 aliphatic rings. The molecule has 1 atom stereocenters. The van der Waals surface area contributed by atoms with Gasteiger partial charge in [0.1, 0.15) is 17.2 Å². The third-order valence-electron chi connectivity index (χ3n) is 4.75. The molecule has 0 aromatic heterocycles. The van der Waals surface area contributed by atoms with Crippen LogP contribution in [0.1, 0.15) is 18.9 Å². The van der Waals surface area contributed by atoms with Crippen molar-refractivity contribution in [2.45, 2.75) is 19.9 Å². The summed E-state index contributed by atoms with van der Waals surface area (Å²) in [4.78, 5) is 2.48. The van der Waals surface area contributed by atoms with E-state index in [0.29, 0.717) is 0 Å². The maximum atomic E-state index is 5.88. The van der Waals surface area contributed by atoms with E-state index in [9.17, 15) is 0 Å². The van der Waals surface area contributed by atoms with Crippen LogP contribution in [0.25, 0.3) is 0 Å². The third-order valence-corrected chi connectivity index (χ3v) is 4.75. The summed E-state index contributed by atoms with van der Waals surface area (Å²) in [5.41, 5.74) is 7.46. The Bertz CT molecular complexity index is 660. The molecule has 1 saturated heterocycles. The molecule has 4 nitrogen and oxygen atoms in total. The Kier molecular flexibility index (Phi) is 6.71. The van der Waals surface area contributed by atoms with Gasteiger partial charge in [0.2, 0.25) is 0 Å². The summed E-state index contributed by atoms with van der Waals surface area (Å²) >= 11 is 0. The lowest BCUT2D eigenvalue weighted by Gasteiger charge is -2.22. The molecule has 2 N–H and O–H groups in total. The van der Waals surface area contributed by atoms with Crippen molar-refractivity contribution in [1.82, 2.24) is 4.90 Å². The molecule has 0 aliphatic carbocycles. The Morgan fingerprint density at radius 1 is 1.00 bits per heavy atom. The van der Waals surface area contributed by atoms with E-state index >= 15 is 0 Å². The van der Waals surface area contributed by atoms with Crippen LogP contribution in [0.5, 0.6) is 17.2 Å². The highest BCUT2D eigenvalue weighted by Crippen LogP contribution is 2.30.